The summed E-state index contributed by atoms with van der Waals surface area (Å²) >= 11 is 0. The summed E-state index contributed by atoms with van der Waals surface area (Å²) in [6.07, 6.45) is 0.439. The van der Waals surface area contributed by atoms with Crippen LogP contribution in [0, 0.1) is 5.92 Å². The first kappa shape index (κ1) is 14.9. The second kappa shape index (κ2) is 6.75. The van der Waals surface area contributed by atoms with E-state index in [9.17, 15) is 4.79 Å². The van der Waals surface area contributed by atoms with Crippen molar-refractivity contribution >= 4 is 5.91 Å². The number of likely N-dealkylation sites (tertiary alicyclic amines) is 1. The number of ether oxygens (including phenoxy) is 1. The molecule has 1 aliphatic rings. The van der Waals surface area contributed by atoms with E-state index in [2.05, 4.69) is 19.2 Å². The lowest BCUT2D eigenvalue weighted by Crippen LogP contribution is -2.30. The molecule has 1 amide bonds. The van der Waals surface area contributed by atoms with Gasteiger partial charge in [-0.2, -0.15) is 0 Å². The molecule has 2 rings (SSSR count). The summed E-state index contributed by atoms with van der Waals surface area (Å²) in [5.41, 5.74) is 1.11. The smallest absolute Gasteiger partial charge is 0.263 e. The minimum absolute atomic E-state index is 0.0787. The van der Waals surface area contributed by atoms with Gasteiger partial charge in [-0.05, 0) is 18.5 Å². The Morgan fingerprint density at radius 1 is 1.40 bits per heavy atom. The van der Waals surface area contributed by atoms with E-state index in [4.69, 9.17) is 4.74 Å². The fraction of sp³-hybridized carbons (Fsp3) is 0.562. The summed E-state index contributed by atoms with van der Waals surface area (Å²) in [5.74, 6) is 1.51. The Hall–Kier alpha value is -1.55. The van der Waals surface area contributed by atoms with Crippen molar-refractivity contribution < 1.29 is 9.53 Å². The van der Waals surface area contributed by atoms with Crippen LogP contribution >= 0.6 is 0 Å². The number of rotatable bonds is 6. The molecular weight excluding hydrogens is 252 g/mol. The minimum atomic E-state index is -0.328. The first-order valence-corrected chi connectivity index (χ1v) is 7.28. The molecule has 0 bridgehead atoms. The van der Waals surface area contributed by atoms with E-state index >= 15 is 0 Å². The number of benzene rings is 1. The molecule has 110 valence electrons. The molecule has 0 aromatic heterocycles. The standard InChI is InChI=1S/C16H24N2O2/c1-12(2)10-17-11-13-6-4-5-7-14(13)20-15-8-9-18(3)16(15)19/h4-7,12,15,17H,8-11H2,1-3H3. The normalized spacial score (nSPS) is 18.9. The molecular formula is C16H24N2O2. The number of para-hydroxylation sites is 1. The molecule has 0 aliphatic carbocycles. The van der Waals surface area contributed by atoms with Crippen molar-refractivity contribution in [2.75, 3.05) is 20.1 Å². The van der Waals surface area contributed by atoms with Gasteiger partial charge in [0.25, 0.3) is 5.91 Å². The Morgan fingerprint density at radius 3 is 2.80 bits per heavy atom. The molecule has 1 atom stereocenters. The first-order chi connectivity index (χ1) is 9.58. The maximum absolute atomic E-state index is 11.9. The molecule has 20 heavy (non-hydrogen) atoms. The van der Waals surface area contributed by atoms with Gasteiger partial charge in [0.2, 0.25) is 0 Å². The fourth-order valence-electron chi connectivity index (χ4n) is 2.31. The average molecular weight is 276 g/mol. The fourth-order valence-corrected chi connectivity index (χ4v) is 2.31. The highest BCUT2D eigenvalue weighted by molar-refractivity contribution is 5.83. The highest BCUT2D eigenvalue weighted by Gasteiger charge is 2.31. The van der Waals surface area contributed by atoms with Crippen LogP contribution in [0.4, 0.5) is 0 Å². The Kier molecular flexibility index (Phi) is 5.01. The van der Waals surface area contributed by atoms with Gasteiger partial charge in [-0.1, -0.05) is 32.0 Å². The van der Waals surface area contributed by atoms with Gasteiger partial charge in [0, 0.05) is 32.1 Å². The third-order valence-corrected chi connectivity index (χ3v) is 3.49. The minimum Gasteiger partial charge on any atom is -0.480 e. The summed E-state index contributed by atoms with van der Waals surface area (Å²) in [6.45, 7) is 6.88. The number of nitrogens with one attached hydrogen (secondary N) is 1. The Morgan fingerprint density at radius 2 is 2.15 bits per heavy atom. The topological polar surface area (TPSA) is 41.6 Å². The van der Waals surface area contributed by atoms with Crippen LogP contribution in [0.15, 0.2) is 24.3 Å². The summed E-state index contributed by atoms with van der Waals surface area (Å²) in [6, 6.07) is 7.94. The third kappa shape index (κ3) is 3.73. The summed E-state index contributed by atoms with van der Waals surface area (Å²) in [7, 11) is 1.82. The maximum atomic E-state index is 11.9. The van der Waals surface area contributed by atoms with E-state index < -0.39 is 0 Å². The SMILES string of the molecule is CC(C)CNCc1ccccc1OC1CCN(C)C1=O. The molecule has 1 saturated heterocycles. The third-order valence-electron chi connectivity index (χ3n) is 3.49. The maximum Gasteiger partial charge on any atom is 0.263 e. The number of likely N-dealkylation sites (N-methyl/N-ethyl adjacent to an activating group) is 1. The first-order valence-electron chi connectivity index (χ1n) is 7.28. The zero-order chi connectivity index (χ0) is 14.5. The lowest BCUT2D eigenvalue weighted by molar-refractivity contribution is -0.132. The number of hydrogen-bond donors (Lipinski definition) is 1. The van der Waals surface area contributed by atoms with Crippen molar-refractivity contribution in [3.8, 4) is 5.75 Å². The van der Waals surface area contributed by atoms with Gasteiger partial charge < -0.3 is 15.0 Å². The quantitative estimate of drug-likeness (QED) is 0.864. The second-order valence-corrected chi connectivity index (χ2v) is 5.79. The molecule has 1 aromatic carbocycles. The van der Waals surface area contributed by atoms with Gasteiger partial charge in [0.1, 0.15) is 5.75 Å². The van der Waals surface area contributed by atoms with E-state index in [0.717, 1.165) is 37.4 Å². The van der Waals surface area contributed by atoms with Crippen molar-refractivity contribution in [2.24, 2.45) is 5.92 Å². The van der Waals surface area contributed by atoms with Crippen molar-refractivity contribution in [3.63, 3.8) is 0 Å². The second-order valence-electron chi connectivity index (χ2n) is 5.79. The Bertz CT molecular complexity index is 460. The molecule has 1 heterocycles. The molecule has 0 radical (unpaired) electrons. The van der Waals surface area contributed by atoms with Gasteiger partial charge in [0.15, 0.2) is 6.10 Å². The number of carbonyl (C=O) groups is 1. The van der Waals surface area contributed by atoms with Crippen LogP contribution in [0.25, 0.3) is 0 Å². The molecule has 4 nitrogen and oxygen atoms in total. The van der Waals surface area contributed by atoms with Crippen LogP contribution in [0.1, 0.15) is 25.8 Å². The molecule has 1 aromatic rings. The highest BCUT2D eigenvalue weighted by atomic mass is 16.5. The van der Waals surface area contributed by atoms with Crippen LogP contribution in [0.3, 0.4) is 0 Å². The van der Waals surface area contributed by atoms with Crippen molar-refractivity contribution in [2.45, 2.75) is 32.9 Å². The predicted octanol–water partition coefficient (Wildman–Crippen LogP) is 2.04. The van der Waals surface area contributed by atoms with Crippen LogP contribution in [0.2, 0.25) is 0 Å². The lowest BCUT2D eigenvalue weighted by Gasteiger charge is -2.16. The zero-order valence-electron chi connectivity index (χ0n) is 12.6. The largest absolute Gasteiger partial charge is 0.480 e. The average Bonchev–Trinajstić information content (AvgIpc) is 2.72. The van der Waals surface area contributed by atoms with E-state index in [-0.39, 0.29) is 12.0 Å². The number of hydrogen-bond acceptors (Lipinski definition) is 3. The van der Waals surface area contributed by atoms with E-state index in [1.807, 2.05) is 31.3 Å². The number of carbonyl (C=O) groups excluding carboxylic acids is 1. The van der Waals surface area contributed by atoms with E-state index in [1.54, 1.807) is 4.90 Å². The molecule has 1 fully saturated rings. The van der Waals surface area contributed by atoms with E-state index in [0.29, 0.717) is 5.92 Å². The summed E-state index contributed by atoms with van der Waals surface area (Å²) in [4.78, 5) is 13.6. The zero-order valence-corrected chi connectivity index (χ0v) is 12.6. The lowest BCUT2D eigenvalue weighted by atomic mass is 10.1. The summed E-state index contributed by atoms with van der Waals surface area (Å²) in [5, 5.41) is 3.41. The molecule has 0 saturated carbocycles. The van der Waals surface area contributed by atoms with E-state index in [1.165, 1.54) is 0 Å². The molecule has 4 heteroatoms. The van der Waals surface area contributed by atoms with Gasteiger partial charge >= 0.3 is 0 Å². The van der Waals surface area contributed by atoms with Crippen LogP contribution in [-0.4, -0.2) is 37.0 Å². The molecule has 1 N–H and O–H groups in total. The highest BCUT2D eigenvalue weighted by Crippen LogP contribution is 2.22. The molecule has 1 unspecified atom stereocenters. The van der Waals surface area contributed by atoms with Gasteiger partial charge in [-0.3, -0.25) is 4.79 Å². The van der Waals surface area contributed by atoms with Gasteiger partial charge in [-0.25, -0.2) is 0 Å². The van der Waals surface area contributed by atoms with Crippen molar-refractivity contribution in [1.82, 2.24) is 10.2 Å². The monoisotopic (exact) mass is 276 g/mol. The van der Waals surface area contributed by atoms with Crippen LogP contribution < -0.4 is 10.1 Å². The predicted molar refractivity (Wildman–Crippen MR) is 79.7 cm³/mol. The van der Waals surface area contributed by atoms with Gasteiger partial charge in [0.05, 0.1) is 0 Å². The Labute approximate surface area is 121 Å². The van der Waals surface area contributed by atoms with Crippen molar-refractivity contribution in [3.05, 3.63) is 29.8 Å². The summed E-state index contributed by atoms with van der Waals surface area (Å²) < 4.78 is 5.92. The van der Waals surface area contributed by atoms with Gasteiger partial charge in [-0.15, -0.1) is 0 Å². The molecule has 0 spiro atoms. The Balaban J connectivity index is 1.99. The van der Waals surface area contributed by atoms with Crippen LogP contribution in [0.5, 0.6) is 5.75 Å². The van der Waals surface area contributed by atoms with Crippen molar-refractivity contribution in [1.29, 1.82) is 0 Å². The number of amides is 1. The van der Waals surface area contributed by atoms with Crippen LogP contribution in [-0.2, 0) is 11.3 Å². The molecule has 1 aliphatic heterocycles. The number of nitrogens with zero attached hydrogens (tertiary/aromatic N) is 1.